The van der Waals surface area contributed by atoms with Crippen molar-refractivity contribution in [2.75, 3.05) is 0 Å². The van der Waals surface area contributed by atoms with Crippen LogP contribution in [0.1, 0.15) is 22.7 Å². The molecule has 0 bridgehead atoms. The molecule has 9 heteroatoms. The third-order valence-electron chi connectivity index (χ3n) is 6.38. The molecule has 196 valence electrons. The second-order valence-electron chi connectivity index (χ2n) is 9.01. The highest BCUT2D eigenvalue weighted by molar-refractivity contribution is 5.89. The minimum Gasteiger partial charge on any atom is -0.350 e. The van der Waals surface area contributed by atoms with Crippen LogP contribution < -0.4 is 5.32 Å². The van der Waals surface area contributed by atoms with E-state index in [0.717, 1.165) is 0 Å². The average Bonchev–Trinajstić information content (AvgIpc) is 3.36. The van der Waals surface area contributed by atoms with Gasteiger partial charge in [-0.2, -0.15) is 0 Å². The minimum absolute atomic E-state index is 0.123. The number of hydrogen-bond donors (Lipinski definition) is 1. The summed E-state index contributed by atoms with van der Waals surface area (Å²) >= 11 is 0. The Hall–Kier alpha value is -4.92. The number of para-hydroxylation sites is 1. The maximum Gasteiger partial charge on any atom is 0.247 e. The van der Waals surface area contributed by atoms with Gasteiger partial charge in [0.05, 0.1) is 5.52 Å². The van der Waals surface area contributed by atoms with Crippen LogP contribution in [-0.4, -0.2) is 31.7 Å². The van der Waals surface area contributed by atoms with Crippen molar-refractivity contribution in [3.05, 3.63) is 131 Å². The van der Waals surface area contributed by atoms with Crippen LogP contribution in [0.3, 0.4) is 0 Å². The molecule has 0 unspecified atom stereocenters. The van der Waals surface area contributed by atoms with E-state index in [1.807, 2.05) is 18.2 Å². The summed E-state index contributed by atoms with van der Waals surface area (Å²) in [6.07, 6.45) is 0. The maximum atomic E-state index is 14.8. The molecule has 0 spiro atoms. The summed E-state index contributed by atoms with van der Waals surface area (Å²) in [5.74, 6) is -1.77. The van der Waals surface area contributed by atoms with E-state index < -0.39 is 23.7 Å². The van der Waals surface area contributed by atoms with Gasteiger partial charge in [0, 0.05) is 18.7 Å². The number of nitrogens with zero attached hydrogens (tertiary/aromatic N) is 4. The summed E-state index contributed by atoms with van der Waals surface area (Å²) in [5, 5.41) is 11.1. The highest BCUT2D eigenvalue weighted by atomic mass is 19.1. The Morgan fingerprint density at radius 3 is 2.31 bits per heavy atom. The fourth-order valence-electron chi connectivity index (χ4n) is 4.38. The molecule has 0 aliphatic heterocycles. The Morgan fingerprint density at radius 1 is 0.846 bits per heavy atom. The van der Waals surface area contributed by atoms with Crippen molar-refractivity contribution in [2.24, 2.45) is 0 Å². The molecule has 1 atom stereocenters. The number of halogens is 2. The van der Waals surface area contributed by atoms with E-state index in [4.69, 9.17) is 0 Å². The number of carbonyl (C=O) groups is 2. The maximum absolute atomic E-state index is 14.8. The lowest BCUT2D eigenvalue weighted by Gasteiger charge is -2.31. The standard InChI is InChI=1S/C30H25F2N5O2/c31-24-16-14-21(15-17-24)18-33-30(39)29(22-8-2-1-3-9-22)36(19-23-10-4-5-11-25(23)32)28(38)20-37-27-13-7-6-12-26(27)34-35-37/h1-17,29H,18-20H2,(H,33,39)/t29-/m0/s1. The highest BCUT2D eigenvalue weighted by Gasteiger charge is 2.32. The Labute approximate surface area is 223 Å². The molecule has 1 N–H and O–H groups in total. The van der Waals surface area contributed by atoms with Crippen molar-refractivity contribution < 1.29 is 18.4 Å². The molecule has 2 amide bonds. The average molecular weight is 526 g/mol. The van der Waals surface area contributed by atoms with Crippen molar-refractivity contribution in [3.8, 4) is 0 Å². The molecule has 5 aromatic rings. The zero-order valence-corrected chi connectivity index (χ0v) is 20.9. The molecule has 0 aliphatic rings. The van der Waals surface area contributed by atoms with Gasteiger partial charge in [-0.15, -0.1) is 5.10 Å². The van der Waals surface area contributed by atoms with Gasteiger partial charge < -0.3 is 10.2 Å². The Kier molecular flexibility index (Phi) is 7.68. The normalized spacial score (nSPS) is 11.7. The lowest BCUT2D eigenvalue weighted by molar-refractivity contribution is -0.142. The molecule has 39 heavy (non-hydrogen) atoms. The van der Waals surface area contributed by atoms with Crippen molar-refractivity contribution >= 4 is 22.8 Å². The summed E-state index contributed by atoms with van der Waals surface area (Å²) < 4.78 is 29.6. The predicted molar refractivity (Wildman–Crippen MR) is 142 cm³/mol. The van der Waals surface area contributed by atoms with Crippen LogP contribution in [0.5, 0.6) is 0 Å². The number of hydrogen-bond acceptors (Lipinski definition) is 4. The molecule has 0 fully saturated rings. The molecule has 1 heterocycles. The van der Waals surface area contributed by atoms with Crippen molar-refractivity contribution in [1.82, 2.24) is 25.2 Å². The summed E-state index contributed by atoms with van der Waals surface area (Å²) in [6, 6.07) is 26.9. The minimum atomic E-state index is -1.08. The van der Waals surface area contributed by atoms with Gasteiger partial charge in [0.25, 0.3) is 0 Å². The monoisotopic (exact) mass is 525 g/mol. The first-order valence-electron chi connectivity index (χ1n) is 12.4. The van der Waals surface area contributed by atoms with Gasteiger partial charge in [-0.25, -0.2) is 13.5 Å². The Morgan fingerprint density at radius 2 is 1.54 bits per heavy atom. The van der Waals surface area contributed by atoms with Crippen molar-refractivity contribution in [1.29, 1.82) is 0 Å². The number of fused-ring (bicyclic) bond motifs is 1. The van der Waals surface area contributed by atoms with E-state index in [0.29, 0.717) is 22.2 Å². The Balaban J connectivity index is 1.50. The number of aromatic nitrogens is 3. The zero-order valence-electron chi connectivity index (χ0n) is 20.9. The number of benzene rings is 4. The number of rotatable bonds is 9. The first-order chi connectivity index (χ1) is 19.0. The van der Waals surface area contributed by atoms with Crippen molar-refractivity contribution in [3.63, 3.8) is 0 Å². The molecule has 0 radical (unpaired) electrons. The number of nitrogens with one attached hydrogen (secondary N) is 1. The van der Waals surface area contributed by atoms with Gasteiger partial charge in [0.15, 0.2) is 0 Å². The molecule has 0 aliphatic carbocycles. The molecule has 7 nitrogen and oxygen atoms in total. The highest BCUT2D eigenvalue weighted by Crippen LogP contribution is 2.26. The smallest absolute Gasteiger partial charge is 0.247 e. The largest absolute Gasteiger partial charge is 0.350 e. The Bertz CT molecular complexity index is 1590. The predicted octanol–water partition coefficient (Wildman–Crippen LogP) is 4.80. The van der Waals surface area contributed by atoms with Gasteiger partial charge in [-0.3, -0.25) is 9.59 Å². The zero-order chi connectivity index (χ0) is 27.2. The fraction of sp³-hybridized carbons (Fsp3) is 0.133. The second kappa shape index (κ2) is 11.6. The van der Waals surface area contributed by atoms with Crippen LogP contribution in [0.4, 0.5) is 8.78 Å². The summed E-state index contributed by atoms with van der Waals surface area (Å²) in [5.41, 5.74) is 2.80. The van der Waals surface area contributed by atoms with Crippen molar-refractivity contribution in [2.45, 2.75) is 25.7 Å². The van der Waals surface area contributed by atoms with Gasteiger partial charge >= 0.3 is 0 Å². The van der Waals surface area contributed by atoms with Crippen LogP contribution in [0.25, 0.3) is 11.0 Å². The molecule has 4 aromatic carbocycles. The van der Waals surface area contributed by atoms with Gasteiger partial charge in [0.2, 0.25) is 11.8 Å². The quantitative estimate of drug-likeness (QED) is 0.300. The number of amides is 2. The van der Waals surface area contributed by atoms with Gasteiger partial charge in [-0.1, -0.05) is 78.0 Å². The van der Waals surface area contributed by atoms with Gasteiger partial charge in [0.1, 0.15) is 29.7 Å². The molecular formula is C30H25F2N5O2. The van der Waals surface area contributed by atoms with E-state index >= 15 is 0 Å². The van der Waals surface area contributed by atoms with Crippen LogP contribution in [0, 0.1) is 11.6 Å². The fourth-order valence-corrected chi connectivity index (χ4v) is 4.38. The van der Waals surface area contributed by atoms with Crippen LogP contribution in [-0.2, 0) is 29.2 Å². The van der Waals surface area contributed by atoms with Crippen LogP contribution >= 0.6 is 0 Å². The molecular weight excluding hydrogens is 500 g/mol. The molecule has 0 saturated carbocycles. The summed E-state index contributed by atoms with van der Waals surface area (Å²) in [6.45, 7) is -0.233. The van der Waals surface area contributed by atoms with E-state index in [1.54, 1.807) is 66.7 Å². The SMILES string of the molecule is O=C(NCc1ccc(F)cc1)[C@H](c1ccccc1)N(Cc1ccccc1F)C(=O)Cn1nnc2ccccc21. The van der Waals surface area contributed by atoms with E-state index in [1.165, 1.54) is 27.8 Å². The third kappa shape index (κ3) is 5.98. The van der Waals surface area contributed by atoms with Crippen LogP contribution in [0.15, 0.2) is 103 Å². The van der Waals surface area contributed by atoms with E-state index in [9.17, 15) is 18.4 Å². The molecule has 5 rings (SSSR count). The first-order valence-corrected chi connectivity index (χ1v) is 12.4. The first kappa shape index (κ1) is 25.7. The lowest BCUT2D eigenvalue weighted by atomic mass is 10.0. The second-order valence-corrected chi connectivity index (χ2v) is 9.01. The lowest BCUT2D eigenvalue weighted by Crippen LogP contribution is -2.44. The molecule has 0 saturated heterocycles. The third-order valence-corrected chi connectivity index (χ3v) is 6.38. The molecule has 1 aromatic heterocycles. The summed E-state index contributed by atoms with van der Waals surface area (Å²) in [7, 11) is 0. The van der Waals surface area contributed by atoms with E-state index in [2.05, 4.69) is 15.6 Å². The van der Waals surface area contributed by atoms with Gasteiger partial charge in [-0.05, 0) is 41.5 Å². The topological polar surface area (TPSA) is 80.1 Å². The summed E-state index contributed by atoms with van der Waals surface area (Å²) in [4.78, 5) is 29.0. The number of carbonyl (C=O) groups excluding carboxylic acids is 2. The van der Waals surface area contributed by atoms with E-state index in [-0.39, 0.29) is 31.0 Å². The van der Waals surface area contributed by atoms with Crippen LogP contribution in [0.2, 0.25) is 0 Å².